The maximum absolute atomic E-state index is 11.8. The molecule has 1 aliphatic rings. The predicted octanol–water partition coefficient (Wildman–Crippen LogP) is 0.765. The van der Waals surface area contributed by atoms with Crippen molar-refractivity contribution in [2.24, 2.45) is 11.7 Å². The lowest BCUT2D eigenvalue weighted by Crippen LogP contribution is -2.42. The minimum atomic E-state index is -0.391. The summed E-state index contributed by atoms with van der Waals surface area (Å²) in [6.07, 6.45) is 2.18. The van der Waals surface area contributed by atoms with Crippen molar-refractivity contribution in [3.63, 3.8) is 0 Å². The van der Waals surface area contributed by atoms with Gasteiger partial charge < -0.3 is 15.7 Å². The van der Waals surface area contributed by atoms with Gasteiger partial charge in [-0.2, -0.15) is 0 Å². The van der Waals surface area contributed by atoms with Gasteiger partial charge in [-0.25, -0.2) is 0 Å². The van der Waals surface area contributed by atoms with Crippen molar-refractivity contribution in [1.29, 1.82) is 0 Å². The van der Waals surface area contributed by atoms with Gasteiger partial charge in [0.2, 0.25) is 5.91 Å². The van der Waals surface area contributed by atoms with Crippen LogP contribution in [-0.4, -0.2) is 41.1 Å². The highest BCUT2D eigenvalue weighted by molar-refractivity contribution is 5.85. The third kappa shape index (κ3) is 3.61. The van der Waals surface area contributed by atoms with Crippen molar-refractivity contribution in [2.75, 3.05) is 13.1 Å². The van der Waals surface area contributed by atoms with Crippen LogP contribution in [0.15, 0.2) is 0 Å². The van der Waals surface area contributed by atoms with Gasteiger partial charge >= 0.3 is 0 Å². The molecule has 0 aromatic rings. The van der Waals surface area contributed by atoms with Gasteiger partial charge in [0.1, 0.15) is 0 Å². The molecule has 96 valence electrons. The smallest absolute Gasteiger partial charge is 0.239 e. The first-order chi connectivity index (χ1) is 7.10. The van der Waals surface area contributed by atoms with Gasteiger partial charge in [-0.05, 0) is 12.8 Å². The standard InChI is InChI=1S/C11H22N2O2.ClH/c1-3-5-9(12)11(15)13-6-8(4-2)10(14)7-13;/h8-10,14H,3-7,12H2,1-2H3;1H. The Morgan fingerprint density at radius 1 is 1.50 bits per heavy atom. The van der Waals surface area contributed by atoms with E-state index in [-0.39, 0.29) is 30.3 Å². The number of hydrogen-bond donors (Lipinski definition) is 2. The number of nitrogens with zero attached hydrogens (tertiary/aromatic N) is 1. The van der Waals surface area contributed by atoms with Crippen LogP contribution >= 0.6 is 12.4 Å². The molecular formula is C11H23ClN2O2. The first-order valence-electron chi connectivity index (χ1n) is 5.82. The summed E-state index contributed by atoms with van der Waals surface area (Å²) in [6, 6.07) is -0.391. The zero-order valence-corrected chi connectivity index (χ0v) is 10.9. The van der Waals surface area contributed by atoms with Crippen LogP contribution in [0.1, 0.15) is 33.1 Å². The second kappa shape index (κ2) is 7.09. The van der Waals surface area contributed by atoms with Gasteiger partial charge in [-0.15, -0.1) is 12.4 Å². The summed E-state index contributed by atoms with van der Waals surface area (Å²) < 4.78 is 0. The van der Waals surface area contributed by atoms with E-state index < -0.39 is 6.04 Å². The SMILES string of the molecule is CCCC(N)C(=O)N1CC(O)C(CC)C1.Cl. The van der Waals surface area contributed by atoms with E-state index in [4.69, 9.17) is 5.73 Å². The van der Waals surface area contributed by atoms with Crippen molar-refractivity contribution < 1.29 is 9.90 Å². The van der Waals surface area contributed by atoms with E-state index in [9.17, 15) is 9.90 Å². The number of nitrogens with two attached hydrogens (primary N) is 1. The summed E-state index contributed by atoms with van der Waals surface area (Å²) in [5.41, 5.74) is 5.77. The molecule has 0 aromatic heterocycles. The lowest BCUT2D eigenvalue weighted by atomic mass is 10.0. The number of carbonyl (C=O) groups excluding carboxylic acids is 1. The molecule has 0 aliphatic carbocycles. The average Bonchev–Trinajstić information content (AvgIpc) is 2.59. The molecule has 0 radical (unpaired) electrons. The highest BCUT2D eigenvalue weighted by Crippen LogP contribution is 2.20. The summed E-state index contributed by atoms with van der Waals surface area (Å²) >= 11 is 0. The van der Waals surface area contributed by atoms with E-state index in [1.807, 2.05) is 13.8 Å². The maximum Gasteiger partial charge on any atom is 0.239 e. The van der Waals surface area contributed by atoms with Crippen molar-refractivity contribution in [3.8, 4) is 0 Å². The van der Waals surface area contributed by atoms with Gasteiger partial charge in [0.15, 0.2) is 0 Å². The molecule has 3 unspecified atom stereocenters. The van der Waals surface area contributed by atoms with Crippen LogP contribution in [0.3, 0.4) is 0 Å². The first-order valence-corrected chi connectivity index (χ1v) is 5.82. The molecule has 16 heavy (non-hydrogen) atoms. The Kier molecular flexibility index (Phi) is 6.95. The van der Waals surface area contributed by atoms with Crippen LogP contribution in [-0.2, 0) is 4.79 Å². The zero-order chi connectivity index (χ0) is 11.4. The van der Waals surface area contributed by atoms with Gasteiger partial charge in [0.25, 0.3) is 0 Å². The molecule has 3 N–H and O–H groups in total. The van der Waals surface area contributed by atoms with Crippen LogP contribution in [0.4, 0.5) is 0 Å². The number of amides is 1. The number of β-amino-alcohol motifs (C(OH)–C–C–N with tert-alkyl or cyclic N) is 1. The number of hydrogen-bond acceptors (Lipinski definition) is 3. The fourth-order valence-electron chi connectivity index (χ4n) is 2.10. The van der Waals surface area contributed by atoms with E-state index in [0.717, 1.165) is 19.3 Å². The molecule has 1 heterocycles. The molecule has 3 atom stereocenters. The molecule has 1 rings (SSSR count). The van der Waals surface area contributed by atoms with E-state index in [1.165, 1.54) is 0 Å². The Balaban J connectivity index is 0.00000225. The van der Waals surface area contributed by atoms with E-state index in [2.05, 4.69) is 0 Å². The van der Waals surface area contributed by atoms with Crippen molar-refractivity contribution >= 4 is 18.3 Å². The summed E-state index contributed by atoms with van der Waals surface area (Å²) in [4.78, 5) is 13.5. The summed E-state index contributed by atoms with van der Waals surface area (Å²) in [5, 5.41) is 9.69. The quantitative estimate of drug-likeness (QED) is 0.775. The highest BCUT2D eigenvalue weighted by Gasteiger charge is 2.34. The van der Waals surface area contributed by atoms with Crippen LogP contribution in [0.5, 0.6) is 0 Å². The lowest BCUT2D eigenvalue weighted by Gasteiger charge is -2.20. The monoisotopic (exact) mass is 250 g/mol. The largest absolute Gasteiger partial charge is 0.391 e. The van der Waals surface area contributed by atoms with Crippen molar-refractivity contribution in [1.82, 2.24) is 4.90 Å². The molecule has 4 nitrogen and oxygen atoms in total. The van der Waals surface area contributed by atoms with E-state index >= 15 is 0 Å². The maximum atomic E-state index is 11.8. The Morgan fingerprint density at radius 3 is 2.56 bits per heavy atom. The second-order valence-corrected chi connectivity index (χ2v) is 4.37. The molecule has 5 heteroatoms. The van der Waals surface area contributed by atoms with Crippen LogP contribution < -0.4 is 5.73 Å². The normalized spacial score (nSPS) is 26.4. The number of aliphatic hydroxyl groups is 1. The number of halogens is 1. The number of likely N-dealkylation sites (tertiary alicyclic amines) is 1. The van der Waals surface area contributed by atoms with Crippen LogP contribution in [0.25, 0.3) is 0 Å². The summed E-state index contributed by atoms with van der Waals surface area (Å²) in [5.74, 6) is 0.217. The molecule has 1 amide bonds. The molecule has 1 fully saturated rings. The highest BCUT2D eigenvalue weighted by atomic mass is 35.5. The van der Waals surface area contributed by atoms with Gasteiger partial charge in [0.05, 0.1) is 12.1 Å². The average molecular weight is 251 g/mol. The fourth-order valence-corrected chi connectivity index (χ4v) is 2.10. The summed E-state index contributed by atoms with van der Waals surface area (Å²) in [7, 11) is 0. The van der Waals surface area contributed by atoms with Gasteiger partial charge in [-0.1, -0.05) is 20.3 Å². The molecule has 0 spiro atoms. The number of carbonyl (C=O) groups is 1. The molecular weight excluding hydrogens is 228 g/mol. The minimum absolute atomic E-state index is 0. The zero-order valence-electron chi connectivity index (χ0n) is 10.1. The third-order valence-electron chi connectivity index (χ3n) is 3.16. The first kappa shape index (κ1) is 15.7. The van der Waals surface area contributed by atoms with E-state index in [0.29, 0.717) is 13.1 Å². The Labute approximate surface area is 104 Å². The van der Waals surface area contributed by atoms with Crippen LogP contribution in [0, 0.1) is 5.92 Å². The lowest BCUT2D eigenvalue weighted by molar-refractivity contribution is -0.132. The number of rotatable bonds is 4. The number of aliphatic hydroxyl groups excluding tert-OH is 1. The van der Waals surface area contributed by atoms with Crippen LogP contribution in [0.2, 0.25) is 0 Å². The van der Waals surface area contributed by atoms with Crippen molar-refractivity contribution in [3.05, 3.63) is 0 Å². The topological polar surface area (TPSA) is 66.6 Å². The molecule has 1 saturated heterocycles. The van der Waals surface area contributed by atoms with E-state index in [1.54, 1.807) is 4.90 Å². The minimum Gasteiger partial charge on any atom is -0.391 e. The third-order valence-corrected chi connectivity index (χ3v) is 3.16. The van der Waals surface area contributed by atoms with Gasteiger partial charge in [0, 0.05) is 19.0 Å². The molecule has 0 saturated carbocycles. The Morgan fingerprint density at radius 2 is 2.12 bits per heavy atom. The second-order valence-electron chi connectivity index (χ2n) is 4.37. The Bertz CT molecular complexity index is 226. The summed E-state index contributed by atoms with van der Waals surface area (Å²) in [6.45, 7) is 5.16. The molecule has 0 aromatic carbocycles. The molecule has 1 aliphatic heterocycles. The van der Waals surface area contributed by atoms with Crippen molar-refractivity contribution in [2.45, 2.75) is 45.3 Å². The fraction of sp³-hybridized carbons (Fsp3) is 0.909. The molecule has 0 bridgehead atoms. The Hall–Kier alpha value is -0.320. The predicted molar refractivity (Wildman–Crippen MR) is 66.5 cm³/mol. The van der Waals surface area contributed by atoms with Gasteiger partial charge in [-0.3, -0.25) is 4.79 Å².